The lowest BCUT2D eigenvalue weighted by atomic mass is 10.0. The van der Waals surface area contributed by atoms with E-state index in [9.17, 15) is 0 Å². The molecule has 0 amide bonds. The van der Waals surface area contributed by atoms with Crippen LogP contribution in [-0.2, 0) is 0 Å². The van der Waals surface area contributed by atoms with Crippen LogP contribution in [0.1, 0.15) is 31.9 Å². The van der Waals surface area contributed by atoms with Crippen LogP contribution in [0.4, 0.5) is 0 Å². The molecule has 0 fully saturated rings. The first-order valence-corrected chi connectivity index (χ1v) is 5.87. The summed E-state index contributed by atoms with van der Waals surface area (Å²) < 4.78 is 0. The van der Waals surface area contributed by atoms with Gasteiger partial charge in [-0.15, -0.1) is 0 Å². The SMILES string of the molecule is CCC(C)N1C(N)=NCC1c1ccccc1. The Morgan fingerprint density at radius 3 is 2.75 bits per heavy atom. The molecule has 3 heteroatoms. The Morgan fingerprint density at radius 2 is 2.12 bits per heavy atom. The van der Waals surface area contributed by atoms with Crippen molar-refractivity contribution >= 4 is 5.96 Å². The third-order valence-electron chi connectivity index (χ3n) is 3.28. The molecule has 1 aromatic rings. The minimum absolute atomic E-state index is 0.316. The Labute approximate surface area is 97.0 Å². The molecule has 0 saturated carbocycles. The number of benzene rings is 1. The number of hydrogen-bond donors (Lipinski definition) is 1. The Kier molecular flexibility index (Phi) is 3.13. The van der Waals surface area contributed by atoms with Crippen LogP contribution in [0.3, 0.4) is 0 Å². The highest BCUT2D eigenvalue weighted by atomic mass is 15.3. The number of guanidine groups is 1. The van der Waals surface area contributed by atoms with Gasteiger partial charge in [0, 0.05) is 6.04 Å². The second-order valence-electron chi connectivity index (χ2n) is 4.29. The minimum atomic E-state index is 0.316. The molecule has 1 aliphatic heterocycles. The van der Waals surface area contributed by atoms with Crippen LogP contribution in [0, 0.1) is 0 Å². The zero-order chi connectivity index (χ0) is 11.5. The molecular formula is C13H19N3. The fraction of sp³-hybridized carbons (Fsp3) is 0.462. The lowest BCUT2D eigenvalue weighted by Crippen LogP contribution is -2.42. The topological polar surface area (TPSA) is 41.6 Å². The Hall–Kier alpha value is -1.51. The van der Waals surface area contributed by atoms with Gasteiger partial charge in [0.25, 0.3) is 0 Å². The average Bonchev–Trinajstić information content (AvgIpc) is 2.71. The predicted octanol–water partition coefficient (Wildman–Crippen LogP) is 2.16. The van der Waals surface area contributed by atoms with Gasteiger partial charge in [-0.3, -0.25) is 4.99 Å². The molecule has 0 saturated heterocycles. The summed E-state index contributed by atoms with van der Waals surface area (Å²) in [6.07, 6.45) is 1.08. The van der Waals surface area contributed by atoms with E-state index < -0.39 is 0 Å². The molecule has 1 aromatic carbocycles. The van der Waals surface area contributed by atoms with Crippen molar-refractivity contribution in [3.05, 3.63) is 35.9 Å². The molecule has 0 aromatic heterocycles. The lowest BCUT2D eigenvalue weighted by Gasteiger charge is -2.31. The summed E-state index contributed by atoms with van der Waals surface area (Å²) in [4.78, 5) is 6.60. The molecule has 0 aliphatic carbocycles. The summed E-state index contributed by atoms with van der Waals surface area (Å²) in [6, 6.07) is 11.2. The molecular weight excluding hydrogens is 198 g/mol. The molecule has 2 N–H and O–H groups in total. The van der Waals surface area contributed by atoms with Crippen molar-refractivity contribution in [3.63, 3.8) is 0 Å². The minimum Gasteiger partial charge on any atom is -0.370 e. The molecule has 0 spiro atoms. The summed E-state index contributed by atoms with van der Waals surface area (Å²) in [5.74, 6) is 0.684. The second kappa shape index (κ2) is 4.56. The van der Waals surface area contributed by atoms with Crippen molar-refractivity contribution in [1.82, 2.24) is 4.90 Å². The first kappa shape index (κ1) is 11.0. The van der Waals surface area contributed by atoms with E-state index in [1.54, 1.807) is 0 Å². The van der Waals surface area contributed by atoms with Crippen LogP contribution in [0.25, 0.3) is 0 Å². The van der Waals surface area contributed by atoms with E-state index in [1.807, 2.05) is 6.07 Å². The summed E-state index contributed by atoms with van der Waals surface area (Å²) in [5.41, 5.74) is 7.26. The first-order chi connectivity index (χ1) is 7.74. The smallest absolute Gasteiger partial charge is 0.192 e. The van der Waals surface area contributed by atoms with Crippen molar-refractivity contribution in [1.29, 1.82) is 0 Å². The highest BCUT2D eigenvalue weighted by Gasteiger charge is 2.30. The summed E-state index contributed by atoms with van der Waals surface area (Å²) in [6.45, 7) is 5.15. The normalized spacial score (nSPS) is 22.0. The molecule has 2 rings (SSSR count). The van der Waals surface area contributed by atoms with E-state index in [4.69, 9.17) is 5.73 Å². The summed E-state index contributed by atoms with van der Waals surface area (Å²) in [7, 11) is 0. The first-order valence-electron chi connectivity index (χ1n) is 5.87. The average molecular weight is 217 g/mol. The lowest BCUT2D eigenvalue weighted by molar-refractivity contribution is 0.268. The van der Waals surface area contributed by atoms with E-state index in [-0.39, 0.29) is 0 Å². The van der Waals surface area contributed by atoms with Crippen LogP contribution in [0.5, 0.6) is 0 Å². The Bertz CT molecular complexity index is 372. The van der Waals surface area contributed by atoms with Gasteiger partial charge in [0.15, 0.2) is 5.96 Å². The van der Waals surface area contributed by atoms with E-state index in [2.05, 4.69) is 48.0 Å². The third kappa shape index (κ3) is 1.90. The van der Waals surface area contributed by atoms with Gasteiger partial charge in [0.05, 0.1) is 12.6 Å². The van der Waals surface area contributed by atoms with Crippen molar-refractivity contribution in [3.8, 4) is 0 Å². The molecule has 0 bridgehead atoms. The number of nitrogens with zero attached hydrogens (tertiary/aromatic N) is 2. The molecule has 2 unspecified atom stereocenters. The monoisotopic (exact) mass is 217 g/mol. The van der Waals surface area contributed by atoms with E-state index >= 15 is 0 Å². The number of nitrogens with two attached hydrogens (primary N) is 1. The number of hydrogen-bond acceptors (Lipinski definition) is 3. The maximum atomic E-state index is 5.96. The zero-order valence-corrected chi connectivity index (χ0v) is 9.93. The van der Waals surface area contributed by atoms with Crippen LogP contribution in [0.15, 0.2) is 35.3 Å². The van der Waals surface area contributed by atoms with E-state index in [1.165, 1.54) is 5.56 Å². The molecule has 0 radical (unpaired) electrons. The molecule has 16 heavy (non-hydrogen) atoms. The van der Waals surface area contributed by atoms with Gasteiger partial charge in [-0.05, 0) is 18.9 Å². The van der Waals surface area contributed by atoms with Gasteiger partial charge in [-0.25, -0.2) is 0 Å². The Morgan fingerprint density at radius 1 is 1.44 bits per heavy atom. The summed E-state index contributed by atoms with van der Waals surface area (Å²) >= 11 is 0. The summed E-state index contributed by atoms with van der Waals surface area (Å²) in [5, 5.41) is 0. The van der Waals surface area contributed by atoms with Gasteiger partial charge in [0.2, 0.25) is 0 Å². The van der Waals surface area contributed by atoms with Gasteiger partial charge >= 0.3 is 0 Å². The molecule has 3 nitrogen and oxygen atoms in total. The molecule has 86 valence electrons. The van der Waals surface area contributed by atoms with Gasteiger partial charge in [0.1, 0.15) is 0 Å². The highest BCUT2D eigenvalue weighted by molar-refractivity contribution is 5.80. The number of rotatable bonds is 3. The standard InChI is InChI=1S/C13H19N3/c1-3-10(2)16-12(9-15-13(16)14)11-7-5-4-6-8-11/h4-8,10,12H,3,9H2,1-2H3,(H2,14,15). The molecule has 1 heterocycles. The van der Waals surface area contributed by atoms with Gasteiger partial charge in [-0.2, -0.15) is 0 Å². The highest BCUT2D eigenvalue weighted by Crippen LogP contribution is 2.27. The van der Waals surface area contributed by atoms with Gasteiger partial charge in [-0.1, -0.05) is 37.3 Å². The van der Waals surface area contributed by atoms with Crippen LogP contribution in [-0.4, -0.2) is 23.4 Å². The maximum Gasteiger partial charge on any atom is 0.192 e. The number of aliphatic imine (C=N–C) groups is 1. The second-order valence-corrected chi connectivity index (χ2v) is 4.29. The van der Waals surface area contributed by atoms with Crippen LogP contribution < -0.4 is 5.73 Å². The van der Waals surface area contributed by atoms with E-state index in [0.29, 0.717) is 18.0 Å². The molecule has 2 atom stereocenters. The predicted molar refractivity (Wildman–Crippen MR) is 67.3 cm³/mol. The molecule has 1 aliphatic rings. The zero-order valence-electron chi connectivity index (χ0n) is 9.93. The fourth-order valence-electron chi connectivity index (χ4n) is 2.18. The van der Waals surface area contributed by atoms with Crippen molar-refractivity contribution < 1.29 is 0 Å². The third-order valence-corrected chi connectivity index (χ3v) is 3.28. The van der Waals surface area contributed by atoms with Gasteiger partial charge < -0.3 is 10.6 Å². The Balaban J connectivity index is 2.23. The fourth-order valence-corrected chi connectivity index (χ4v) is 2.18. The van der Waals surface area contributed by atoms with Crippen LogP contribution >= 0.6 is 0 Å². The maximum absolute atomic E-state index is 5.96. The van der Waals surface area contributed by atoms with Crippen molar-refractivity contribution in [2.75, 3.05) is 6.54 Å². The van der Waals surface area contributed by atoms with E-state index in [0.717, 1.165) is 13.0 Å². The quantitative estimate of drug-likeness (QED) is 0.843. The van der Waals surface area contributed by atoms with Crippen molar-refractivity contribution in [2.24, 2.45) is 10.7 Å². The van der Waals surface area contributed by atoms with Crippen molar-refractivity contribution in [2.45, 2.75) is 32.4 Å². The van der Waals surface area contributed by atoms with Crippen LogP contribution in [0.2, 0.25) is 0 Å². The largest absolute Gasteiger partial charge is 0.370 e.